The van der Waals surface area contributed by atoms with Crippen molar-refractivity contribution in [2.75, 3.05) is 13.1 Å². The van der Waals surface area contributed by atoms with Crippen LogP contribution in [0.25, 0.3) is 10.4 Å². The van der Waals surface area contributed by atoms with Crippen LogP contribution in [0.1, 0.15) is 12.8 Å². The molecule has 0 aromatic carbocycles. The Morgan fingerprint density at radius 1 is 1.67 bits per heavy atom. The molecule has 6 heteroatoms. The van der Waals surface area contributed by atoms with Crippen LogP contribution in [0.2, 0.25) is 0 Å². The zero-order valence-corrected chi connectivity index (χ0v) is 6.66. The lowest BCUT2D eigenvalue weighted by atomic mass is 10.6. The van der Waals surface area contributed by atoms with E-state index in [1.165, 1.54) is 0 Å². The Balaban J connectivity index is 1.97. The molecular formula is C6H11N5O. The summed E-state index contributed by atoms with van der Waals surface area (Å²) in [4.78, 5) is 13.5. The minimum Gasteiger partial charge on any atom is -0.338 e. The van der Waals surface area contributed by atoms with Crippen molar-refractivity contribution in [3.63, 3.8) is 0 Å². The van der Waals surface area contributed by atoms with E-state index in [4.69, 9.17) is 5.53 Å². The molecule has 0 spiro atoms. The van der Waals surface area contributed by atoms with Gasteiger partial charge in [0.25, 0.3) is 0 Å². The Morgan fingerprint density at radius 3 is 3.00 bits per heavy atom. The maximum Gasteiger partial charge on any atom is 0.315 e. The van der Waals surface area contributed by atoms with Crippen LogP contribution in [0.4, 0.5) is 4.79 Å². The van der Waals surface area contributed by atoms with Crippen molar-refractivity contribution in [2.45, 2.75) is 18.9 Å². The minimum absolute atomic E-state index is 0.175. The van der Waals surface area contributed by atoms with E-state index in [1.807, 2.05) is 0 Å². The van der Waals surface area contributed by atoms with E-state index < -0.39 is 0 Å². The molecule has 0 aromatic heterocycles. The number of amides is 2. The van der Waals surface area contributed by atoms with Gasteiger partial charge in [0, 0.05) is 24.0 Å². The molecule has 12 heavy (non-hydrogen) atoms. The summed E-state index contributed by atoms with van der Waals surface area (Å²) < 4.78 is 0. The van der Waals surface area contributed by atoms with Crippen molar-refractivity contribution in [1.29, 1.82) is 0 Å². The SMILES string of the molecule is [N-]=[N+]=NCCNC(=O)NC1CC1. The number of carbonyl (C=O) groups is 1. The lowest BCUT2D eigenvalue weighted by Gasteiger charge is -2.03. The average Bonchev–Trinajstić information content (AvgIpc) is 2.82. The summed E-state index contributed by atoms with van der Waals surface area (Å²) in [6, 6.07) is 0.190. The van der Waals surface area contributed by atoms with Crippen LogP contribution in [0.5, 0.6) is 0 Å². The second-order valence-electron chi connectivity index (χ2n) is 2.63. The van der Waals surface area contributed by atoms with Gasteiger partial charge in [-0.05, 0) is 18.4 Å². The summed E-state index contributed by atoms with van der Waals surface area (Å²) in [5.41, 5.74) is 7.92. The Bertz CT molecular complexity index is 206. The molecule has 0 saturated heterocycles. The smallest absolute Gasteiger partial charge is 0.315 e. The zero-order valence-electron chi connectivity index (χ0n) is 6.66. The molecule has 2 N–H and O–H groups in total. The monoisotopic (exact) mass is 169 g/mol. The van der Waals surface area contributed by atoms with Gasteiger partial charge in [0.15, 0.2) is 0 Å². The van der Waals surface area contributed by atoms with Crippen LogP contribution in [-0.4, -0.2) is 25.2 Å². The quantitative estimate of drug-likeness (QED) is 0.276. The second kappa shape index (κ2) is 4.46. The summed E-state index contributed by atoms with van der Waals surface area (Å²) in [6.07, 6.45) is 2.15. The lowest BCUT2D eigenvalue weighted by molar-refractivity contribution is 0.241. The molecule has 0 bridgehead atoms. The molecule has 0 aromatic rings. The van der Waals surface area contributed by atoms with Gasteiger partial charge in [0.1, 0.15) is 0 Å². The minimum atomic E-state index is -0.175. The fourth-order valence-electron chi connectivity index (χ4n) is 0.728. The number of nitrogens with zero attached hydrogens (tertiary/aromatic N) is 3. The molecular weight excluding hydrogens is 158 g/mol. The van der Waals surface area contributed by atoms with Crippen molar-refractivity contribution in [2.24, 2.45) is 5.11 Å². The third-order valence-electron chi connectivity index (χ3n) is 1.47. The van der Waals surface area contributed by atoms with E-state index >= 15 is 0 Å². The van der Waals surface area contributed by atoms with Crippen LogP contribution in [-0.2, 0) is 0 Å². The number of urea groups is 1. The van der Waals surface area contributed by atoms with Crippen molar-refractivity contribution in [1.82, 2.24) is 10.6 Å². The molecule has 66 valence electrons. The van der Waals surface area contributed by atoms with Crippen LogP contribution in [0.15, 0.2) is 5.11 Å². The van der Waals surface area contributed by atoms with Crippen LogP contribution < -0.4 is 10.6 Å². The van der Waals surface area contributed by atoms with Gasteiger partial charge in [0.2, 0.25) is 0 Å². The number of azide groups is 1. The summed E-state index contributed by atoms with van der Waals surface area (Å²) in [7, 11) is 0. The number of hydrogen-bond acceptors (Lipinski definition) is 2. The van der Waals surface area contributed by atoms with Crippen LogP contribution in [0.3, 0.4) is 0 Å². The van der Waals surface area contributed by atoms with Crippen molar-refractivity contribution in [3.8, 4) is 0 Å². The van der Waals surface area contributed by atoms with Gasteiger partial charge in [-0.25, -0.2) is 4.79 Å². The fourth-order valence-corrected chi connectivity index (χ4v) is 0.728. The molecule has 0 radical (unpaired) electrons. The molecule has 6 nitrogen and oxygen atoms in total. The molecule has 2 amide bonds. The first kappa shape index (κ1) is 8.67. The third-order valence-corrected chi connectivity index (χ3v) is 1.47. The van der Waals surface area contributed by atoms with Gasteiger partial charge >= 0.3 is 6.03 Å². The van der Waals surface area contributed by atoms with E-state index in [0.29, 0.717) is 19.1 Å². The van der Waals surface area contributed by atoms with Gasteiger partial charge in [-0.3, -0.25) is 0 Å². The standard InChI is InChI=1S/C6H11N5O/c7-11-9-4-3-8-6(12)10-5-1-2-5/h5H,1-4H2,(H2,8,10,12). The molecule has 0 atom stereocenters. The highest BCUT2D eigenvalue weighted by molar-refractivity contribution is 5.74. The van der Waals surface area contributed by atoms with E-state index in [9.17, 15) is 4.79 Å². The molecule has 0 heterocycles. The van der Waals surface area contributed by atoms with Crippen LogP contribution >= 0.6 is 0 Å². The highest BCUT2D eigenvalue weighted by atomic mass is 16.2. The highest BCUT2D eigenvalue weighted by Gasteiger charge is 2.22. The topological polar surface area (TPSA) is 89.9 Å². The number of nitrogens with one attached hydrogen (secondary N) is 2. The van der Waals surface area contributed by atoms with Gasteiger partial charge < -0.3 is 10.6 Å². The number of rotatable bonds is 4. The Labute approximate surface area is 70.0 Å². The summed E-state index contributed by atoms with van der Waals surface area (Å²) >= 11 is 0. The Kier molecular flexibility index (Phi) is 3.22. The Hall–Kier alpha value is -1.42. The molecule has 0 aliphatic heterocycles. The zero-order chi connectivity index (χ0) is 8.81. The highest BCUT2D eigenvalue weighted by Crippen LogP contribution is 2.17. The first-order valence-corrected chi connectivity index (χ1v) is 3.88. The van der Waals surface area contributed by atoms with Gasteiger partial charge in [-0.15, -0.1) is 0 Å². The van der Waals surface area contributed by atoms with Gasteiger partial charge in [-0.2, -0.15) is 0 Å². The third kappa shape index (κ3) is 3.68. The fraction of sp³-hybridized carbons (Fsp3) is 0.833. The van der Waals surface area contributed by atoms with Crippen LogP contribution in [0, 0.1) is 0 Å². The molecule has 1 aliphatic carbocycles. The molecule has 1 aliphatic rings. The molecule has 0 unspecified atom stereocenters. The average molecular weight is 169 g/mol. The summed E-state index contributed by atoms with van der Waals surface area (Å²) in [6.45, 7) is 0.692. The maximum atomic E-state index is 10.9. The predicted octanol–water partition coefficient (Wildman–Crippen LogP) is 0.758. The van der Waals surface area contributed by atoms with E-state index in [-0.39, 0.29) is 6.03 Å². The van der Waals surface area contributed by atoms with Crippen molar-refractivity contribution < 1.29 is 4.79 Å². The van der Waals surface area contributed by atoms with E-state index in [0.717, 1.165) is 12.8 Å². The van der Waals surface area contributed by atoms with E-state index in [1.54, 1.807) is 0 Å². The van der Waals surface area contributed by atoms with Crippen molar-refractivity contribution >= 4 is 6.03 Å². The number of hydrogen-bond donors (Lipinski definition) is 2. The van der Waals surface area contributed by atoms with Gasteiger partial charge in [-0.1, -0.05) is 5.11 Å². The molecule has 1 saturated carbocycles. The maximum absolute atomic E-state index is 10.9. The summed E-state index contributed by atoms with van der Waals surface area (Å²) in [5.74, 6) is 0. The predicted molar refractivity (Wildman–Crippen MR) is 43.6 cm³/mol. The number of carbonyl (C=O) groups excluding carboxylic acids is 1. The van der Waals surface area contributed by atoms with Crippen molar-refractivity contribution in [3.05, 3.63) is 10.4 Å². The largest absolute Gasteiger partial charge is 0.338 e. The first-order valence-electron chi connectivity index (χ1n) is 3.88. The normalized spacial score (nSPS) is 14.7. The summed E-state index contributed by atoms with van der Waals surface area (Å²) in [5, 5.41) is 8.60. The second-order valence-corrected chi connectivity index (χ2v) is 2.63. The first-order chi connectivity index (χ1) is 5.83. The van der Waals surface area contributed by atoms with Gasteiger partial charge in [0.05, 0.1) is 0 Å². The Morgan fingerprint density at radius 2 is 2.42 bits per heavy atom. The lowest BCUT2D eigenvalue weighted by Crippen LogP contribution is -2.37. The molecule has 1 fully saturated rings. The van der Waals surface area contributed by atoms with E-state index in [2.05, 4.69) is 20.7 Å². The molecule has 1 rings (SSSR count).